The number of nitrogens with zero attached hydrogens (tertiary/aromatic N) is 1. The molecule has 1 heterocycles. The van der Waals surface area contributed by atoms with Gasteiger partial charge in [-0.1, -0.05) is 6.92 Å². The zero-order chi connectivity index (χ0) is 15.1. The fourth-order valence-electron chi connectivity index (χ4n) is 2.00. The number of nitrogens with one attached hydrogen (secondary N) is 3. The maximum absolute atomic E-state index is 11.5. The van der Waals surface area contributed by atoms with Crippen LogP contribution in [0.4, 0.5) is 0 Å². The minimum absolute atomic E-state index is 0. The lowest BCUT2D eigenvalue weighted by molar-refractivity contribution is -0.122. The summed E-state index contributed by atoms with van der Waals surface area (Å²) in [6, 6.07) is 2.15. The van der Waals surface area contributed by atoms with E-state index >= 15 is 0 Å². The van der Waals surface area contributed by atoms with E-state index in [1.807, 2.05) is 0 Å². The number of carbonyl (C=O) groups is 1. The largest absolute Gasteiger partial charge is 0.356 e. The van der Waals surface area contributed by atoms with Crippen molar-refractivity contribution in [2.45, 2.75) is 25.7 Å². The van der Waals surface area contributed by atoms with Gasteiger partial charge >= 0.3 is 0 Å². The molecule has 7 heteroatoms. The summed E-state index contributed by atoms with van der Waals surface area (Å²) >= 11 is 1.72. The van der Waals surface area contributed by atoms with Crippen LogP contribution in [0, 0.1) is 5.92 Å². The average molecular weight is 436 g/mol. The van der Waals surface area contributed by atoms with Gasteiger partial charge in [-0.3, -0.25) is 9.79 Å². The molecule has 0 bridgehead atoms. The smallest absolute Gasteiger partial charge is 0.223 e. The standard InChI is InChI=1S/C15H24N4OS.HI/c1-11(13-5-8-21-10-13)9-19-15(16-2)18-7-6-17-14(20)12-3-4-12;/h5,8,10-12H,3-4,6-7,9H2,1-2H3,(H,17,20)(H2,16,18,19);1H. The number of hydrogen-bond acceptors (Lipinski definition) is 3. The van der Waals surface area contributed by atoms with Crippen LogP contribution < -0.4 is 16.0 Å². The van der Waals surface area contributed by atoms with Crippen LogP contribution in [0.1, 0.15) is 31.2 Å². The normalized spacial score (nSPS) is 15.6. The van der Waals surface area contributed by atoms with Crippen LogP contribution in [0.3, 0.4) is 0 Å². The summed E-state index contributed by atoms with van der Waals surface area (Å²) < 4.78 is 0. The molecule has 0 aromatic carbocycles. The first-order valence-electron chi connectivity index (χ1n) is 7.45. The van der Waals surface area contributed by atoms with Crippen LogP contribution in [-0.2, 0) is 4.79 Å². The lowest BCUT2D eigenvalue weighted by Gasteiger charge is -2.15. The van der Waals surface area contributed by atoms with Gasteiger partial charge in [-0.2, -0.15) is 11.3 Å². The molecule has 22 heavy (non-hydrogen) atoms. The lowest BCUT2D eigenvalue weighted by Crippen LogP contribution is -2.42. The van der Waals surface area contributed by atoms with Crippen LogP contribution in [0.5, 0.6) is 0 Å². The molecule has 0 saturated heterocycles. The Hall–Kier alpha value is -0.830. The molecule has 1 fully saturated rings. The molecule has 3 N–H and O–H groups in total. The van der Waals surface area contributed by atoms with Gasteiger partial charge in [0.15, 0.2) is 5.96 Å². The predicted octanol–water partition coefficient (Wildman–Crippen LogP) is 2.16. The van der Waals surface area contributed by atoms with E-state index in [4.69, 9.17) is 0 Å². The fraction of sp³-hybridized carbons (Fsp3) is 0.600. The number of halogens is 1. The molecule has 1 aliphatic carbocycles. The van der Waals surface area contributed by atoms with Gasteiger partial charge in [0.05, 0.1) is 0 Å². The van der Waals surface area contributed by atoms with Gasteiger partial charge in [0.2, 0.25) is 5.91 Å². The minimum Gasteiger partial charge on any atom is -0.356 e. The van der Waals surface area contributed by atoms with Crippen LogP contribution >= 0.6 is 35.3 Å². The number of rotatable bonds is 7. The number of aliphatic imine (C=N–C) groups is 1. The van der Waals surface area contributed by atoms with E-state index in [0.717, 1.165) is 25.3 Å². The van der Waals surface area contributed by atoms with Crippen molar-refractivity contribution in [1.29, 1.82) is 0 Å². The molecule has 0 radical (unpaired) electrons. The van der Waals surface area contributed by atoms with Crippen LogP contribution in [-0.4, -0.2) is 38.5 Å². The summed E-state index contributed by atoms with van der Waals surface area (Å²) in [6.45, 7) is 4.35. The van der Waals surface area contributed by atoms with E-state index < -0.39 is 0 Å². The summed E-state index contributed by atoms with van der Waals surface area (Å²) in [5.41, 5.74) is 1.35. The van der Waals surface area contributed by atoms with Crippen LogP contribution in [0.25, 0.3) is 0 Å². The molecule has 1 unspecified atom stereocenters. The van der Waals surface area contributed by atoms with Gasteiger partial charge in [0, 0.05) is 32.6 Å². The monoisotopic (exact) mass is 436 g/mol. The molecular formula is C15H25IN4OS. The first-order chi connectivity index (χ1) is 10.2. The van der Waals surface area contributed by atoms with E-state index in [-0.39, 0.29) is 35.8 Å². The van der Waals surface area contributed by atoms with Crippen molar-refractivity contribution in [3.05, 3.63) is 22.4 Å². The Balaban J connectivity index is 0.00000242. The molecule has 1 amide bonds. The van der Waals surface area contributed by atoms with Crippen molar-refractivity contribution >= 4 is 47.2 Å². The van der Waals surface area contributed by atoms with Gasteiger partial charge in [0.1, 0.15) is 0 Å². The molecule has 2 rings (SSSR count). The number of guanidine groups is 1. The third-order valence-electron chi connectivity index (χ3n) is 3.58. The summed E-state index contributed by atoms with van der Waals surface area (Å²) in [5, 5.41) is 13.7. The maximum Gasteiger partial charge on any atom is 0.223 e. The second kappa shape index (κ2) is 10.0. The molecule has 5 nitrogen and oxygen atoms in total. The SMILES string of the molecule is CN=C(NCCNC(=O)C1CC1)NCC(C)c1ccsc1.I. The van der Waals surface area contributed by atoms with Crippen LogP contribution in [0.15, 0.2) is 21.8 Å². The topological polar surface area (TPSA) is 65.5 Å². The highest BCUT2D eigenvalue weighted by Crippen LogP contribution is 2.28. The average Bonchev–Trinajstić information content (AvgIpc) is 3.20. The van der Waals surface area contributed by atoms with Gasteiger partial charge in [0.25, 0.3) is 0 Å². The van der Waals surface area contributed by atoms with E-state index in [9.17, 15) is 4.79 Å². The minimum atomic E-state index is 0. The van der Waals surface area contributed by atoms with Gasteiger partial charge < -0.3 is 16.0 Å². The third-order valence-corrected chi connectivity index (χ3v) is 4.28. The van der Waals surface area contributed by atoms with Crippen molar-refractivity contribution < 1.29 is 4.79 Å². The first kappa shape index (κ1) is 19.2. The molecule has 1 atom stereocenters. The second-order valence-corrected chi connectivity index (χ2v) is 6.18. The molecule has 1 aromatic rings. The Morgan fingerprint density at radius 3 is 2.68 bits per heavy atom. The lowest BCUT2D eigenvalue weighted by atomic mass is 10.1. The van der Waals surface area contributed by atoms with Gasteiger partial charge in [-0.25, -0.2) is 0 Å². The summed E-state index contributed by atoms with van der Waals surface area (Å²) in [7, 11) is 1.76. The molecular weight excluding hydrogens is 411 g/mol. The summed E-state index contributed by atoms with van der Waals surface area (Å²) in [4.78, 5) is 15.7. The van der Waals surface area contributed by atoms with Crippen LogP contribution in [0.2, 0.25) is 0 Å². The summed E-state index contributed by atoms with van der Waals surface area (Å²) in [6.07, 6.45) is 2.09. The number of carbonyl (C=O) groups excluding carboxylic acids is 1. The van der Waals surface area contributed by atoms with E-state index in [0.29, 0.717) is 19.0 Å². The third kappa shape index (κ3) is 6.51. The Bertz CT molecular complexity index is 474. The van der Waals surface area contributed by atoms with Crippen molar-refractivity contribution in [3.63, 3.8) is 0 Å². The Morgan fingerprint density at radius 1 is 1.36 bits per heavy atom. The quantitative estimate of drug-likeness (QED) is 0.266. The maximum atomic E-state index is 11.5. The molecule has 1 aromatic heterocycles. The Kier molecular flexibility index (Phi) is 8.77. The highest BCUT2D eigenvalue weighted by atomic mass is 127. The molecule has 124 valence electrons. The Morgan fingerprint density at radius 2 is 2.09 bits per heavy atom. The number of amides is 1. The van der Waals surface area contributed by atoms with E-state index in [1.54, 1.807) is 18.4 Å². The highest BCUT2D eigenvalue weighted by Gasteiger charge is 2.28. The predicted molar refractivity (Wildman–Crippen MR) is 103 cm³/mol. The molecule has 0 aliphatic heterocycles. The van der Waals surface area contributed by atoms with Crippen molar-refractivity contribution in [2.75, 3.05) is 26.7 Å². The zero-order valence-electron chi connectivity index (χ0n) is 13.1. The Labute approximate surface area is 153 Å². The molecule has 1 saturated carbocycles. The van der Waals surface area contributed by atoms with Crippen molar-refractivity contribution in [3.8, 4) is 0 Å². The first-order valence-corrected chi connectivity index (χ1v) is 8.39. The fourth-order valence-corrected chi connectivity index (χ4v) is 2.78. The molecule has 0 spiro atoms. The molecule has 1 aliphatic rings. The zero-order valence-corrected chi connectivity index (χ0v) is 16.2. The highest BCUT2D eigenvalue weighted by molar-refractivity contribution is 14.0. The van der Waals surface area contributed by atoms with Crippen molar-refractivity contribution in [1.82, 2.24) is 16.0 Å². The number of thiophene rings is 1. The summed E-state index contributed by atoms with van der Waals surface area (Å²) in [5.74, 6) is 1.68. The second-order valence-electron chi connectivity index (χ2n) is 5.40. The van der Waals surface area contributed by atoms with Crippen molar-refractivity contribution in [2.24, 2.45) is 10.9 Å². The van der Waals surface area contributed by atoms with E-state index in [1.165, 1.54) is 5.56 Å². The van der Waals surface area contributed by atoms with E-state index in [2.05, 4.69) is 44.7 Å². The number of hydrogen-bond donors (Lipinski definition) is 3. The van der Waals surface area contributed by atoms with Gasteiger partial charge in [-0.05, 0) is 41.1 Å². The van der Waals surface area contributed by atoms with Gasteiger partial charge in [-0.15, -0.1) is 24.0 Å².